The van der Waals surface area contributed by atoms with E-state index >= 15 is 0 Å². The topological polar surface area (TPSA) is 9.23 Å². The molecule has 0 aromatic carbocycles. The second-order valence-corrected chi connectivity index (χ2v) is 5.46. The van der Waals surface area contributed by atoms with Crippen LogP contribution in [0.3, 0.4) is 0 Å². The maximum absolute atomic E-state index is 6.16. The quantitative estimate of drug-likeness (QED) is 0.442. The summed E-state index contributed by atoms with van der Waals surface area (Å²) in [5.41, 5.74) is 0. The predicted octanol–water partition coefficient (Wildman–Crippen LogP) is 4.09. The van der Waals surface area contributed by atoms with E-state index in [1.807, 2.05) is 0 Å². The molecule has 0 spiro atoms. The van der Waals surface area contributed by atoms with E-state index in [9.17, 15) is 0 Å². The van der Waals surface area contributed by atoms with Gasteiger partial charge in [0.1, 0.15) is 0 Å². The van der Waals surface area contributed by atoms with Crippen molar-refractivity contribution in [3.05, 3.63) is 0 Å². The lowest BCUT2D eigenvalue weighted by molar-refractivity contribution is 0.106. The molecule has 0 saturated heterocycles. The Morgan fingerprint density at radius 1 is 1.07 bits per heavy atom. The van der Waals surface area contributed by atoms with Gasteiger partial charge >= 0.3 is 0 Å². The largest absolute Gasteiger partial charge is 0.381 e. The van der Waals surface area contributed by atoms with Crippen LogP contribution >= 0.6 is 11.6 Å². The lowest BCUT2D eigenvalue weighted by Gasteiger charge is -2.12. The summed E-state index contributed by atoms with van der Waals surface area (Å²) < 4.78 is 5.49. The fourth-order valence-corrected chi connectivity index (χ4v) is 1.87. The summed E-state index contributed by atoms with van der Waals surface area (Å²) in [6.07, 6.45) is 3.29. The first kappa shape index (κ1) is 14.2. The molecule has 1 unspecified atom stereocenters. The van der Waals surface area contributed by atoms with Crippen molar-refractivity contribution < 1.29 is 4.74 Å². The molecule has 0 aromatic heterocycles. The first-order valence-electron chi connectivity index (χ1n) is 5.74. The van der Waals surface area contributed by atoms with Gasteiger partial charge < -0.3 is 4.74 Å². The second kappa shape index (κ2) is 8.55. The number of hydrogen-bond acceptors (Lipinski definition) is 1. The normalized spacial score (nSPS) is 13.9. The van der Waals surface area contributed by atoms with Crippen LogP contribution in [-0.2, 0) is 4.74 Å². The molecule has 0 fully saturated rings. The van der Waals surface area contributed by atoms with Crippen molar-refractivity contribution in [2.24, 2.45) is 11.8 Å². The summed E-state index contributed by atoms with van der Waals surface area (Å²) >= 11 is 6.16. The minimum Gasteiger partial charge on any atom is -0.381 e. The highest BCUT2D eigenvalue weighted by atomic mass is 35.5. The van der Waals surface area contributed by atoms with E-state index in [0.29, 0.717) is 17.2 Å². The summed E-state index contributed by atoms with van der Waals surface area (Å²) in [6, 6.07) is 0. The van der Waals surface area contributed by atoms with Crippen molar-refractivity contribution in [2.75, 3.05) is 13.2 Å². The average Bonchev–Trinajstić information content (AvgIpc) is 2.01. The summed E-state index contributed by atoms with van der Waals surface area (Å²) in [6.45, 7) is 10.5. The van der Waals surface area contributed by atoms with Gasteiger partial charge in [0.15, 0.2) is 0 Å². The smallest absolute Gasteiger partial charge is 0.0488 e. The number of halogens is 1. The third-order valence-corrected chi connectivity index (χ3v) is 2.38. The molecule has 1 nitrogen and oxygen atoms in total. The molecule has 0 bridgehead atoms. The third-order valence-electron chi connectivity index (χ3n) is 1.98. The Bertz CT molecular complexity index is 123. The molecule has 0 amide bonds. The molecular formula is C12H25ClO. The van der Waals surface area contributed by atoms with Gasteiger partial charge in [-0.15, -0.1) is 11.6 Å². The summed E-state index contributed by atoms with van der Waals surface area (Å²) in [7, 11) is 0. The zero-order valence-corrected chi connectivity index (χ0v) is 10.8. The molecule has 0 radical (unpaired) electrons. The zero-order valence-electron chi connectivity index (χ0n) is 10.1. The van der Waals surface area contributed by atoms with Crippen LogP contribution in [0.15, 0.2) is 0 Å². The van der Waals surface area contributed by atoms with Crippen LogP contribution in [0.5, 0.6) is 0 Å². The second-order valence-electron chi connectivity index (χ2n) is 4.84. The molecule has 0 aliphatic heterocycles. The van der Waals surface area contributed by atoms with E-state index in [4.69, 9.17) is 16.3 Å². The minimum atomic E-state index is 0.331. The SMILES string of the molecule is CC(C)COCCCC(Cl)CC(C)C. The van der Waals surface area contributed by atoms with Crippen LogP contribution in [0, 0.1) is 11.8 Å². The molecule has 0 saturated carbocycles. The fourth-order valence-electron chi connectivity index (χ4n) is 1.36. The Balaban J connectivity index is 3.19. The van der Waals surface area contributed by atoms with Gasteiger partial charge in [-0.25, -0.2) is 0 Å². The molecule has 0 aromatic rings. The van der Waals surface area contributed by atoms with E-state index < -0.39 is 0 Å². The molecule has 1 atom stereocenters. The maximum Gasteiger partial charge on any atom is 0.0488 e. The van der Waals surface area contributed by atoms with Crippen molar-refractivity contribution in [1.29, 1.82) is 0 Å². The molecule has 0 heterocycles. The molecule has 0 aliphatic carbocycles. The van der Waals surface area contributed by atoms with Gasteiger partial charge in [0.25, 0.3) is 0 Å². The molecule has 2 heteroatoms. The van der Waals surface area contributed by atoms with Crippen molar-refractivity contribution in [3.63, 3.8) is 0 Å². The van der Waals surface area contributed by atoms with Crippen molar-refractivity contribution in [1.82, 2.24) is 0 Å². The molecule has 0 N–H and O–H groups in total. The van der Waals surface area contributed by atoms with Gasteiger partial charge in [0.05, 0.1) is 0 Å². The van der Waals surface area contributed by atoms with Gasteiger partial charge in [0, 0.05) is 18.6 Å². The van der Waals surface area contributed by atoms with Crippen LogP contribution in [0.2, 0.25) is 0 Å². The van der Waals surface area contributed by atoms with E-state index in [1.165, 1.54) is 0 Å². The average molecular weight is 221 g/mol. The zero-order chi connectivity index (χ0) is 11.0. The fraction of sp³-hybridized carbons (Fsp3) is 1.00. The first-order chi connectivity index (χ1) is 6.52. The Labute approximate surface area is 94.2 Å². The number of hydrogen-bond donors (Lipinski definition) is 0. The van der Waals surface area contributed by atoms with Gasteiger partial charge in [-0.3, -0.25) is 0 Å². The predicted molar refractivity (Wildman–Crippen MR) is 64.0 cm³/mol. The van der Waals surface area contributed by atoms with Crippen molar-refractivity contribution >= 4 is 11.6 Å². The Kier molecular flexibility index (Phi) is 8.70. The van der Waals surface area contributed by atoms with Crippen LogP contribution in [-0.4, -0.2) is 18.6 Å². The summed E-state index contributed by atoms with van der Waals surface area (Å²) in [5, 5.41) is 0.331. The third kappa shape index (κ3) is 10.3. The molecular weight excluding hydrogens is 196 g/mol. The van der Waals surface area contributed by atoms with E-state index in [-0.39, 0.29) is 0 Å². The highest BCUT2D eigenvalue weighted by molar-refractivity contribution is 6.20. The monoisotopic (exact) mass is 220 g/mol. The molecule has 0 aliphatic rings. The number of ether oxygens (including phenoxy) is 1. The highest BCUT2D eigenvalue weighted by Gasteiger charge is 2.06. The van der Waals surface area contributed by atoms with Crippen LogP contribution in [0.25, 0.3) is 0 Å². The van der Waals surface area contributed by atoms with Crippen LogP contribution in [0.4, 0.5) is 0 Å². The van der Waals surface area contributed by atoms with E-state index in [1.54, 1.807) is 0 Å². The van der Waals surface area contributed by atoms with Crippen LogP contribution < -0.4 is 0 Å². The van der Waals surface area contributed by atoms with Gasteiger partial charge in [0.2, 0.25) is 0 Å². The van der Waals surface area contributed by atoms with E-state index in [2.05, 4.69) is 27.7 Å². The van der Waals surface area contributed by atoms with Gasteiger partial charge in [-0.1, -0.05) is 27.7 Å². The highest BCUT2D eigenvalue weighted by Crippen LogP contribution is 2.15. The lowest BCUT2D eigenvalue weighted by atomic mass is 10.1. The standard InChI is InChI=1S/C12H25ClO/c1-10(2)8-12(13)6-5-7-14-9-11(3)4/h10-12H,5-9H2,1-4H3. The van der Waals surface area contributed by atoms with Crippen molar-refractivity contribution in [3.8, 4) is 0 Å². The maximum atomic E-state index is 6.16. The Morgan fingerprint density at radius 2 is 1.71 bits per heavy atom. The lowest BCUT2D eigenvalue weighted by Crippen LogP contribution is -2.07. The molecule has 14 heavy (non-hydrogen) atoms. The first-order valence-corrected chi connectivity index (χ1v) is 6.17. The Hall–Kier alpha value is 0.250. The van der Waals surface area contributed by atoms with Crippen LogP contribution in [0.1, 0.15) is 47.0 Å². The number of rotatable bonds is 8. The van der Waals surface area contributed by atoms with Gasteiger partial charge in [-0.2, -0.15) is 0 Å². The van der Waals surface area contributed by atoms with E-state index in [0.717, 1.165) is 32.5 Å². The molecule has 0 rings (SSSR count). The summed E-state index contributed by atoms with van der Waals surface area (Å²) in [4.78, 5) is 0. The van der Waals surface area contributed by atoms with Crippen molar-refractivity contribution in [2.45, 2.75) is 52.3 Å². The Morgan fingerprint density at radius 3 is 2.21 bits per heavy atom. The molecule has 86 valence electrons. The number of alkyl halides is 1. The van der Waals surface area contributed by atoms with Gasteiger partial charge in [-0.05, 0) is 31.1 Å². The minimum absolute atomic E-state index is 0.331. The summed E-state index contributed by atoms with van der Waals surface area (Å²) in [5.74, 6) is 1.34.